The summed E-state index contributed by atoms with van der Waals surface area (Å²) in [5.74, 6) is 0.520. The molecule has 7 heteroatoms. The molecular formula is C13H14N4O2S. The van der Waals surface area contributed by atoms with Crippen LogP contribution in [0.3, 0.4) is 0 Å². The predicted octanol–water partition coefficient (Wildman–Crippen LogP) is 1.54. The molecule has 0 bridgehead atoms. The van der Waals surface area contributed by atoms with Crippen LogP contribution >= 0.6 is 11.3 Å². The van der Waals surface area contributed by atoms with Crippen molar-refractivity contribution in [3.05, 3.63) is 34.7 Å². The number of likely N-dealkylation sites (tertiary alicyclic amines) is 1. The Labute approximate surface area is 120 Å². The summed E-state index contributed by atoms with van der Waals surface area (Å²) in [6.45, 7) is 3.15. The van der Waals surface area contributed by atoms with Gasteiger partial charge in [-0.1, -0.05) is 0 Å². The summed E-state index contributed by atoms with van der Waals surface area (Å²) in [4.78, 5) is 26.1. The predicted molar refractivity (Wildman–Crippen MR) is 73.8 cm³/mol. The zero-order chi connectivity index (χ0) is 13.9. The van der Waals surface area contributed by atoms with Crippen LogP contribution in [0.1, 0.15) is 21.9 Å². The molecule has 1 fully saturated rings. The molecule has 0 saturated carbocycles. The number of nitrogens with zero attached hydrogens (tertiary/aromatic N) is 4. The lowest BCUT2D eigenvalue weighted by Crippen LogP contribution is -2.31. The molecule has 3 heterocycles. The fourth-order valence-corrected chi connectivity index (χ4v) is 2.74. The van der Waals surface area contributed by atoms with E-state index >= 15 is 0 Å². The van der Waals surface area contributed by atoms with Gasteiger partial charge in [0.2, 0.25) is 5.88 Å². The lowest BCUT2D eigenvalue weighted by molar-refractivity contribution is 0.0766. The maximum Gasteiger partial charge on any atom is 0.273 e. The highest BCUT2D eigenvalue weighted by atomic mass is 32.1. The number of carbonyl (C=O) groups is 1. The van der Waals surface area contributed by atoms with Crippen LogP contribution in [0.2, 0.25) is 0 Å². The van der Waals surface area contributed by atoms with Crippen LogP contribution in [-0.2, 0) is 0 Å². The number of thiazole rings is 1. The second-order valence-corrected chi connectivity index (χ2v) is 5.64. The Morgan fingerprint density at radius 2 is 2.45 bits per heavy atom. The van der Waals surface area contributed by atoms with Gasteiger partial charge < -0.3 is 9.64 Å². The van der Waals surface area contributed by atoms with E-state index < -0.39 is 0 Å². The summed E-state index contributed by atoms with van der Waals surface area (Å²) in [6, 6.07) is 1.72. The van der Waals surface area contributed by atoms with Gasteiger partial charge in [-0.05, 0) is 6.92 Å². The first-order valence-corrected chi connectivity index (χ1v) is 7.24. The average molecular weight is 290 g/mol. The molecule has 2 aromatic heterocycles. The van der Waals surface area contributed by atoms with E-state index in [0.717, 1.165) is 11.4 Å². The molecule has 1 atom stereocenters. The molecule has 6 nitrogen and oxygen atoms in total. The smallest absolute Gasteiger partial charge is 0.273 e. The van der Waals surface area contributed by atoms with E-state index in [1.54, 1.807) is 22.5 Å². The van der Waals surface area contributed by atoms with Crippen molar-refractivity contribution in [3.63, 3.8) is 0 Å². The van der Waals surface area contributed by atoms with Crippen molar-refractivity contribution in [3.8, 4) is 5.88 Å². The van der Waals surface area contributed by atoms with Crippen LogP contribution in [0.4, 0.5) is 0 Å². The van der Waals surface area contributed by atoms with E-state index in [2.05, 4.69) is 15.0 Å². The Balaban J connectivity index is 1.61. The molecule has 0 radical (unpaired) electrons. The zero-order valence-corrected chi connectivity index (χ0v) is 11.8. The number of aryl methyl sites for hydroxylation is 1. The minimum atomic E-state index is -0.0249. The van der Waals surface area contributed by atoms with Crippen LogP contribution < -0.4 is 4.74 Å². The molecule has 1 unspecified atom stereocenters. The maximum absolute atomic E-state index is 12.2. The molecule has 104 valence electrons. The van der Waals surface area contributed by atoms with Gasteiger partial charge in [-0.2, -0.15) is 0 Å². The van der Waals surface area contributed by atoms with Gasteiger partial charge in [0.25, 0.3) is 5.91 Å². The largest absolute Gasteiger partial charge is 0.472 e. The van der Waals surface area contributed by atoms with Crippen molar-refractivity contribution in [1.29, 1.82) is 0 Å². The highest BCUT2D eigenvalue weighted by Crippen LogP contribution is 2.18. The van der Waals surface area contributed by atoms with Crippen molar-refractivity contribution in [2.24, 2.45) is 0 Å². The van der Waals surface area contributed by atoms with Crippen LogP contribution in [0.15, 0.2) is 24.0 Å². The first-order chi connectivity index (χ1) is 9.72. The van der Waals surface area contributed by atoms with Crippen LogP contribution in [0.25, 0.3) is 0 Å². The molecular weight excluding hydrogens is 276 g/mol. The van der Waals surface area contributed by atoms with Gasteiger partial charge in [0.05, 0.1) is 11.6 Å². The summed E-state index contributed by atoms with van der Waals surface area (Å²) >= 11 is 1.49. The lowest BCUT2D eigenvalue weighted by atomic mass is 10.3. The Hall–Kier alpha value is -2.02. The molecule has 0 aliphatic carbocycles. The second-order valence-electron chi connectivity index (χ2n) is 4.58. The van der Waals surface area contributed by atoms with E-state index in [1.807, 2.05) is 6.92 Å². The third-order valence-corrected chi connectivity index (χ3v) is 3.89. The summed E-state index contributed by atoms with van der Waals surface area (Å²) in [6.07, 6.45) is 3.87. The van der Waals surface area contributed by atoms with Gasteiger partial charge in [0, 0.05) is 30.6 Å². The van der Waals surface area contributed by atoms with E-state index in [4.69, 9.17) is 4.74 Å². The molecule has 1 aliphatic rings. The fourth-order valence-electron chi connectivity index (χ4n) is 2.15. The molecule has 1 saturated heterocycles. The number of hydrogen-bond acceptors (Lipinski definition) is 6. The highest BCUT2D eigenvalue weighted by molar-refractivity contribution is 7.09. The van der Waals surface area contributed by atoms with Crippen LogP contribution in [0, 0.1) is 6.92 Å². The van der Waals surface area contributed by atoms with Gasteiger partial charge in [-0.15, -0.1) is 11.3 Å². The highest BCUT2D eigenvalue weighted by Gasteiger charge is 2.29. The topological polar surface area (TPSA) is 68.2 Å². The van der Waals surface area contributed by atoms with Gasteiger partial charge in [-0.25, -0.2) is 15.0 Å². The fraction of sp³-hybridized carbons (Fsp3) is 0.385. The number of amides is 1. The number of ether oxygens (including phenoxy) is 1. The van der Waals surface area contributed by atoms with Gasteiger partial charge in [0.15, 0.2) is 0 Å². The Kier molecular flexibility index (Phi) is 3.60. The molecule has 0 N–H and O–H groups in total. The number of aromatic nitrogens is 3. The second kappa shape index (κ2) is 5.54. The van der Waals surface area contributed by atoms with Crippen molar-refractivity contribution < 1.29 is 9.53 Å². The summed E-state index contributed by atoms with van der Waals surface area (Å²) < 4.78 is 5.73. The SMILES string of the molecule is Cc1nc(C(=O)N2CCC(Oc3ccncn3)C2)cs1. The number of carbonyl (C=O) groups excluding carboxylic acids is 1. The van der Waals surface area contributed by atoms with E-state index in [9.17, 15) is 4.79 Å². The Morgan fingerprint density at radius 1 is 1.55 bits per heavy atom. The van der Waals surface area contributed by atoms with Crippen LogP contribution in [-0.4, -0.2) is 45.0 Å². The molecule has 2 aromatic rings. The van der Waals surface area contributed by atoms with E-state index in [1.165, 1.54) is 17.7 Å². The van der Waals surface area contributed by atoms with E-state index in [0.29, 0.717) is 24.7 Å². The lowest BCUT2D eigenvalue weighted by Gasteiger charge is -2.15. The normalized spacial score (nSPS) is 18.2. The summed E-state index contributed by atoms with van der Waals surface area (Å²) in [7, 11) is 0. The van der Waals surface area contributed by atoms with Gasteiger partial charge in [0.1, 0.15) is 18.1 Å². The number of rotatable bonds is 3. The third-order valence-electron chi connectivity index (χ3n) is 3.11. The first kappa shape index (κ1) is 13.0. The van der Waals surface area contributed by atoms with Gasteiger partial charge in [-0.3, -0.25) is 4.79 Å². The third kappa shape index (κ3) is 2.77. The Morgan fingerprint density at radius 3 is 3.15 bits per heavy atom. The molecule has 0 spiro atoms. The average Bonchev–Trinajstić information content (AvgIpc) is 3.08. The summed E-state index contributed by atoms with van der Waals surface area (Å²) in [5.41, 5.74) is 0.523. The molecule has 0 aromatic carbocycles. The maximum atomic E-state index is 12.2. The van der Waals surface area contributed by atoms with Crippen molar-refractivity contribution >= 4 is 17.2 Å². The Bertz CT molecular complexity index is 601. The van der Waals surface area contributed by atoms with E-state index in [-0.39, 0.29) is 12.0 Å². The quantitative estimate of drug-likeness (QED) is 0.857. The minimum Gasteiger partial charge on any atom is -0.472 e. The number of hydrogen-bond donors (Lipinski definition) is 0. The summed E-state index contributed by atoms with van der Waals surface area (Å²) in [5, 5.41) is 2.71. The minimum absolute atomic E-state index is 0.0198. The zero-order valence-electron chi connectivity index (χ0n) is 11.0. The van der Waals surface area contributed by atoms with Gasteiger partial charge >= 0.3 is 0 Å². The molecule has 20 heavy (non-hydrogen) atoms. The first-order valence-electron chi connectivity index (χ1n) is 6.36. The molecule has 1 amide bonds. The standard InChI is InChI=1S/C13H14N4O2S/c1-9-16-11(7-20-9)13(18)17-5-3-10(6-17)19-12-2-4-14-8-15-12/h2,4,7-8,10H,3,5-6H2,1H3. The monoisotopic (exact) mass is 290 g/mol. The van der Waals surface area contributed by atoms with Crippen LogP contribution in [0.5, 0.6) is 5.88 Å². The van der Waals surface area contributed by atoms with Crippen molar-refractivity contribution in [1.82, 2.24) is 19.9 Å². The molecule has 3 rings (SSSR count). The van der Waals surface area contributed by atoms with Crippen molar-refractivity contribution in [2.45, 2.75) is 19.4 Å². The van der Waals surface area contributed by atoms with Crippen molar-refractivity contribution in [2.75, 3.05) is 13.1 Å². The molecule has 1 aliphatic heterocycles.